The number of aromatic nitrogens is 2. The summed E-state index contributed by atoms with van der Waals surface area (Å²) in [7, 11) is 0. The Morgan fingerprint density at radius 3 is 2.59 bits per heavy atom. The van der Waals surface area contributed by atoms with Gasteiger partial charge in [-0.1, -0.05) is 18.2 Å². The predicted octanol–water partition coefficient (Wildman–Crippen LogP) is 2.74. The van der Waals surface area contributed by atoms with Gasteiger partial charge in [-0.3, -0.25) is 0 Å². The van der Waals surface area contributed by atoms with Gasteiger partial charge in [0.2, 0.25) is 0 Å². The van der Waals surface area contributed by atoms with Crippen LogP contribution in [-0.2, 0) is 0 Å². The molecule has 0 unspecified atom stereocenters. The Bertz CT molecular complexity index is 564. The number of nitrogen functional groups attached to an aromatic ring is 1. The average Bonchev–Trinajstić information content (AvgIpc) is 3.14. The van der Waals surface area contributed by atoms with Gasteiger partial charge in [0.15, 0.2) is 0 Å². The summed E-state index contributed by atoms with van der Waals surface area (Å²) in [5.74, 6) is 1.28. The van der Waals surface area contributed by atoms with Gasteiger partial charge in [-0.25, -0.2) is 14.4 Å². The molecule has 1 aliphatic carbocycles. The Labute approximate surface area is 98.5 Å². The molecular weight excluding hydrogens is 217 g/mol. The zero-order chi connectivity index (χ0) is 11.8. The Hall–Kier alpha value is -1.97. The lowest BCUT2D eigenvalue weighted by molar-refractivity contribution is 0.631. The van der Waals surface area contributed by atoms with E-state index in [-0.39, 0.29) is 5.82 Å². The van der Waals surface area contributed by atoms with Crippen LogP contribution in [0.3, 0.4) is 0 Å². The number of benzene rings is 1. The SMILES string of the molecule is Nc1nc(C2CC2)ncc1-c1ccccc1F. The molecule has 86 valence electrons. The number of halogens is 1. The lowest BCUT2D eigenvalue weighted by Gasteiger charge is -2.07. The normalized spacial score (nSPS) is 14.9. The van der Waals surface area contributed by atoms with Crippen molar-refractivity contribution in [1.29, 1.82) is 0 Å². The highest BCUT2D eigenvalue weighted by Crippen LogP contribution is 2.39. The maximum absolute atomic E-state index is 13.6. The molecule has 0 atom stereocenters. The molecule has 1 fully saturated rings. The zero-order valence-electron chi connectivity index (χ0n) is 9.23. The first-order valence-corrected chi connectivity index (χ1v) is 5.63. The van der Waals surface area contributed by atoms with Gasteiger partial charge in [-0.15, -0.1) is 0 Å². The molecular formula is C13H12FN3. The van der Waals surface area contributed by atoms with Crippen LogP contribution in [0, 0.1) is 5.82 Å². The Morgan fingerprint density at radius 2 is 1.94 bits per heavy atom. The lowest BCUT2D eigenvalue weighted by Crippen LogP contribution is -2.01. The highest BCUT2D eigenvalue weighted by molar-refractivity contribution is 5.73. The van der Waals surface area contributed by atoms with E-state index in [4.69, 9.17) is 5.73 Å². The third-order valence-electron chi connectivity index (χ3n) is 2.94. The Balaban J connectivity index is 2.06. The van der Waals surface area contributed by atoms with Crippen molar-refractivity contribution in [3.05, 3.63) is 42.1 Å². The van der Waals surface area contributed by atoms with Crippen LogP contribution in [0.25, 0.3) is 11.1 Å². The van der Waals surface area contributed by atoms with Gasteiger partial charge in [0.1, 0.15) is 17.5 Å². The molecule has 0 aliphatic heterocycles. The van der Waals surface area contributed by atoms with Gasteiger partial charge in [0.25, 0.3) is 0 Å². The Kier molecular flexibility index (Phi) is 2.28. The first-order chi connectivity index (χ1) is 8.25. The summed E-state index contributed by atoms with van der Waals surface area (Å²) in [5, 5.41) is 0. The van der Waals surface area contributed by atoms with E-state index in [1.165, 1.54) is 6.07 Å². The molecule has 4 heteroatoms. The Morgan fingerprint density at radius 1 is 1.18 bits per heavy atom. The van der Waals surface area contributed by atoms with Crippen LogP contribution in [0.15, 0.2) is 30.5 Å². The largest absolute Gasteiger partial charge is 0.383 e. The van der Waals surface area contributed by atoms with Crippen molar-refractivity contribution in [3.63, 3.8) is 0 Å². The van der Waals surface area contributed by atoms with Crippen molar-refractivity contribution in [2.75, 3.05) is 5.73 Å². The number of hydrogen-bond donors (Lipinski definition) is 1. The first-order valence-electron chi connectivity index (χ1n) is 5.63. The molecule has 2 N–H and O–H groups in total. The molecule has 1 aromatic heterocycles. The molecule has 0 radical (unpaired) electrons. The summed E-state index contributed by atoms with van der Waals surface area (Å²) < 4.78 is 13.6. The van der Waals surface area contributed by atoms with Crippen molar-refractivity contribution < 1.29 is 4.39 Å². The van der Waals surface area contributed by atoms with Crippen molar-refractivity contribution in [2.24, 2.45) is 0 Å². The van der Waals surface area contributed by atoms with E-state index < -0.39 is 0 Å². The van der Waals surface area contributed by atoms with Crippen LogP contribution in [0.1, 0.15) is 24.6 Å². The number of hydrogen-bond acceptors (Lipinski definition) is 3. The van der Waals surface area contributed by atoms with Crippen molar-refractivity contribution in [3.8, 4) is 11.1 Å². The maximum Gasteiger partial charge on any atom is 0.135 e. The van der Waals surface area contributed by atoms with Crippen LogP contribution < -0.4 is 5.73 Å². The van der Waals surface area contributed by atoms with Gasteiger partial charge < -0.3 is 5.73 Å². The molecule has 0 amide bonds. The summed E-state index contributed by atoms with van der Waals surface area (Å²) in [6, 6.07) is 6.51. The second-order valence-corrected chi connectivity index (χ2v) is 4.28. The lowest BCUT2D eigenvalue weighted by atomic mass is 10.1. The summed E-state index contributed by atoms with van der Waals surface area (Å²) in [6.07, 6.45) is 3.87. The summed E-state index contributed by atoms with van der Waals surface area (Å²) >= 11 is 0. The van der Waals surface area contributed by atoms with E-state index >= 15 is 0 Å². The topological polar surface area (TPSA) is 51.8 Å². The second kappa shape index (κ2) is 3.80. The number of nitrogens with zero attached hydrogens (tertiary/aromatic N) is 2. The average molecular weight is 229 g/mol. The fourth-order valence-electron chi connectivity index (χ4n) is 1.83. The van der Waals surface area contributed by atoms with E-state index in [9.17, 15) is 4.39 Å². The van der Waals surface area contributed by atoms with Crippen LogP contribution >= 0.6 is 0 Å². The van der Waals surface area contributed by atoms with Crippen molar-refractivity contribution >= 4 is 5.82 Å². The standard InChI is InChI=1S/C13H12FN3/c14-11-4-2-1-3-9(11)10-7-16-13(8-5-6-8)17-12(10)15/h1-4,7-8H,5-6H2,(H2,15,16,17). The van der Waals surface area contributed by atoms with Crippen LogP contribution in [0.2, 0.25) is 0 Å². The molecule has 1 aliphatic rings. The van der Waals surface area contributed by atoms with Crippen molar-refractivity contribution in [2.45, 2.75) is 18.8 Å². The summed E-state index contributed by atoms with van der Waals surface area (Å²) in [4.78, 5) is 8.51. The predicted molar refractivity (Wildman–Crippen MR) is 63.8 cm³/mol. The molecule has 1 aromatic carbocycles. The molecule has 1 heterocycles. The molecule has 3 nitrogen and oxygen atoms in total. The molecule has 3 rings (SSSR count). The molecule has 1 saturated carbocycles. The van der Waals surface area contributed by atoms with Crippen molar-refractivity contribution in [1.82, 2.24) is 9.97 Å². The first kappa shape index (κ1) is 10.2. The van der Waals surface area contributed by atoms with Gasteiger partial charge >= 0.3 is 0 Å². The summed E-state index contributed by atoms with van der Waals surface area (Å²) in [5.41, 5.74) is 6.88. The number of anilines is 1. The maximum atomic E-state index is 13.6. The van der Waals surface area contributed by atoms with Crippen LogP contribution in [-0.4, -0.2) is 9.97 Å². The van der Waals surface area contributed by atoms with E-state index in [1.807, 2.05) is 0 Å². The zero-order valence-corrected chi connectivity index (χ0v) is 9.23. The molecule has 0 saturated heterocycles. The van der Waals surface area contributed by atoms with Gasteiger partial charge in [0.05, 0.1) is 0 Å². The number of rotatable bonds is 2. The minimum absolute atomic E-state index is 0.304. The van der Waals surface area contributed by atoms with Gasteiger partial charge in [-0.05, 0) is 18.9 Å². The minimum Gasteiger partial charge on any atom is -0.383 e. The smallest absolute Gasteiger partial charge is 0.135 e. The second-order valence-electron chi connectivity index (χ2n) is 4.28. The van der Waals surface area contributed by atoms with E-state index in [2.05, 4.69) is 9.97 Å². The molecule has 2 aromatic rings. The fourth-order valence-corrected chi connectivity index (χ4v) is 1.83. The van der Waals surface area contributed by atoms with E-state index in [0.29, 0.717) is 22.9 Å². The third kappa shape index (κ3) is 1.86. The molecule has 0 spiro atoms. The van der Waals surface area contributed by atoms with E-state index in [0.717, 1.165) is 18.7 Å². The van der Waals surface area contributed by atoms with Gasteiger partial charge in [0, 0.05) is 23.2 Å². The van der Waals surface area contributed by atoms with Crippen LogP contribution in [0.4, 0.5) is 10.2 Å². The summed E-state index contributed by atoms with van der Waals surface area (Å²) in [6.45, 7) is 0. The molecule has 0 bridgehead atoms. The highest BCUT2D eigenvalue weighted by Gasteiger charge is 2.27. The molecule has 17 heavy (non-hydrogen) atoms. The number of nitrogens with two attached hydrogens (primary N) is 1. The quantitative estimate of drug-likeness (QED) is 0.861. The van der Waals surface area contributed by atoms with Gasteiger partial charge in [-0.2, -0.15) is 0 Å². The third-order valence-corrected chi connectivity index (χ3v) is 2.94. The highest BCUT2D eigenvalue weighted by atomic mass is 19.1. The van der Waals surface area contributed by atoms with E-state index in [1.54, 1.807) is 24.4 Å². The minimum atomic E-state index is -0.304. The van der Waals surface area contributed by atoms with Crippen LogP contribution in [0.5, 0.6) is 0 Å². The fraction of sp³-hybridized carbons (Fsp3) is 0.231. The monoisotopic (exact) mass is 229 g/mol.